The van der Waals surface area contributed by atoms with Gasteiger partial charge in [0.15, 0.2) is 0 Å². The molecule has 6 heteroatoms. The van der Waals surface area contributed by atoms with Gasteiger partial charge in [-0.05, 0) is 44.5 Å². The van der Waals surface area contributed by atoms with Crippen LogP contribution in [0.3, 0.4) is 0 Å². The molecule has 1 aromatic heterocycles. The summed E-state index contributed by atoms with van der Waals surface area (Å²) in [6.45, 7) is 9.05. The molecule has 0 radical (unpaired) electrons. The zero-order valence-electron chi connectivity index (χ0n) is 12.7. The Hall–Kier alpha value is -0.430. The minimum atomic E-state index is -3.30. The number of hydrogen-bond donors (Lipinski definition) is 1. The van der Waals surface area contributed by atoms with Crippen LogP contribution in [0.5, 0.6) is 0 Å². The lowest BCUT2D eigenvalue weighted by Gasteiger charge is -2.18. The number of sulfonamides is 1. The van der Waals surface area contributed by atoms with Crippen molar-refractivity contribution < 1.29 is 8.42 Å². The third-order valence-electron chi connectivity index (χ3n) is 3.03. The predicted octanol–water partition coefficient (Wildman–Crippen LogP) is 2.71. The van der Waals surface area contributed by atoms with Gasteiger partial charge in [-0.1, -0.05) is 20.8 Å². The van der Waals surface area contributed by atoms with E-state index in [9.17, 15) is 8.42 Å². The van der Waals surface area contributed by atoms with Gasteiger partial charge in [-0.2, -0.15) is 4.31 Å². The molecule has 116 valence electrons. The summed E-state index contributed by atoms with van der Waals surface area (Å²) in [5, 5.41) is 3.33. The van der Waals surface area contributed by atoms with Crippen LogP contribution in [0, 0.1) is 0 Å². The van der Waals surface area contributed by atoms with Crippen molar-refractivity contribution in [3.63, 3.8) is 0 Å². The summed E-state index contributed by atoms with van der Waals surface area (Å²) in [6.07, 6.45) is 2.85. The summed E-state index contributed by atoms with van der Waals surface area (Å²) in [5.41, 5.74) is 0. The van der Waals surface area contributed by atoms with Gasteiger partial charge in [-0.15, -0.1) is 11.3 Å². The van der Waals surface area contributed by atoms with Gasteiger partial charge < -0.3 is 5.32 Å². The van der Waals surface area contributed by atoms with Gasteiger partial charge in [0, 0.05) is 18.0 Å². The van der Waals surface area contributed by atoms with Gasteiger partial charge in [0.05, 0.1) is 0 Å². The molecule has 0 aromatic carbocycles. The fourth-order valence-corrected chi connectivity index (χ4v) is 5.02. The Morgan fingerprint density at radius 2 is 1.90 bits per heavy atom. The maximum Gasteiger partial charge on any atom is 0.252 e. The number of nitrogens with one attached hydrogen (secondary N) is 1. The molecule has 1 rings (SSSR count). The third kappa shape index (κ3) is 4.84. The second-order valence-electron chi connectivity index (χ2n) is 4.72. The quantitative estimate of drug-likeness (QED) is 0.675. The Balaban J connectivity index is 2.69. The van der Waals surface area contributed by atoms with Crippen molar-refractivity contribution in [2.45, 2.75) is 44.2 Å². The molecule has 1 N–H and O–H groups in total. The van der Waals surface area contributed by atoms with Crippen LogP contribution in [0.4, 0.5) is 0 Å². The van der Waals surface area contributed by atoms with Crippen LogP contribution < -0.4 is 5.32 Å². The van der Waals surface area contributed by atoms with E-state index < -0.39 is 10.0 Å². The highest BCUT2D eigenvalue weighted by Gasteiger charge is 2.23. The molecule has 0 aliphatic heterocycles. The number of hydrogen-bond acceptors (Lipinski definition) is 4. The van der Waals surface area contributed by atoms with E-state index in [4.69, 9.17) is 0 Å². The van der Waals surface area contributed by atoms with E-state index in [1.807, 2.05) is 19.9 Å². The molecule has 0 saturated carbocycles. The van der Waals surface area contributed by atoms with Crippen molar-refractivity contribution in [3.05, 3.63) is 17.0 Å². The van der Waals surface area contributed by atoms with Gasteiger partial charge in [-0.25, -0.2) is 8.42 Å². The first-order chi connectivity index (χ1) is 9.56. The highest BCUT2D eigenvalue weighted by molar-refractivity contribution is 7.91. The Bertz CT molecular complexity index is 483. The van der Waals surface area contributed by atoms with E-state index in [2.05, 4.69) is 12.2 Å². The van der Waals surface area contributed by atoms with Crippen LogP contribution in [0.25, 0.3) is 0 Å². The highest BCUT2D eigenvalue weighted by Crippen LogP contribution is 2.25. The molecule has 0 unspecified atom stereocenters. The van der Waals surface area contributed by atoms with Crippen molar-refractivity contribution in [1.29, 1.82) is 0 Å². The van der Waals surface area contributed by atoms with Crippen LogP contribution in [0.15, 0.2) is 16.3 Å². The molecule has 0 aliphatic rings. The number of thiophene rings is 1. The second-order valence-corrected chi connectivity index (χ2v) is 8.05. The van der Waals surface area contributed by atoms with Crippen molar-refractivity contribution in [3.8, 4) is 0 Å². The summed E-state index contributed by atoms with van der Waals surface area (Å²) in [4.78, 5) is 1.12. The Kier molecular flexibility index (Phi) is 7.72. The molecule has 0 fully saturated rings. The molecular formula is C14H26N2O2S2. The maximum atomic E-state index is 12.5. The van der Waals surface area contributed by atoms with E-state index in [0.29, 0.717) is 17.3 Å². The topological polar surface area (TPSA) is 49.4 Å². The molecule has 0 atom stereocenters. The summed E-state index contributed by atoms with van der Waals surface area (Å²) in [6, 6.07) is 3.68. The lowest BCUT2D eigenvalue weighted by molar-refractivity contribution is 0.428. The van der Waals surface area contributed by atoms with E-state index in [0.717, 1.165) is 37.2 Å². The normalized spacial score (nSPS) is 12.2. The molecule has 0 spiro atoms. The molecular weight excluding hydrogens is 292 g/mol. The monoisotopic (exact) mass is 318 g/mol. The van der Waals surface area contributed by atoms with Gasteiger partial charge in [0.1, 0.15) is 4.21 Å². The fraction of sp³-hybridized carbons (Fsp3) is 0.714. The maximum absolute atomic E-state index is 12.5. The van der Waals surface area contributed by atoms with Crippen molar-refractivity contribution in [2.75, 3.05) is 26.2 Å². The SMILES string of the molecule is CCCNCCc1ccc(S(=O)(=O)N(CC)CCC)s1. The lowest BCUT2D eigenvalue weighted by Crippen LogP contribution is -2.31. The zero-order valence-corrected chi connectivity index (χ0v) is 14.3. The third-order valence-corrected chi connectivity index (χ3v) is 6.62. The van der Waals surface area contributed by atoms with Gasteiger partial charge in [0.2, 0.25) is 0 Å². The number of rotatable bonds is 10. The fourth-order valence-electron chi connectivity index (χ4n) is 1.97. The van der Waals surface area contributed by atoms with E-state index >= 15 is 0 Å². The first-order valence-electron chi connectivity index (χ1n) is 7.35. The molecule has 4 nitrogen and oxygen atoms in total. The van der Waals surface area contributed by atoms with E-state index in [1.54, 1.807) is 10.4 Å². The molecule has 0 aliphatic carbocycles. The van der Waals surface area contributed by atoms with E-state index in [-0.39, 0.29) is 0 Å². The van der Waals surface area contributed by atoms with Gasteiger partial charge in [0.25, 0.3) is 10.0 Å². The average Bonchev–Trinajstić information content (AvgIpc) is 2.90. The molecule has 1 aromatic rings. The highest BCUT2D eigenvalue weighted by atomic mass is 32.2. The molecule has 0 bridgehead atoms. The van der Waals surface area contributed by atoms with Crippen LogP contribution in [-0.4, -0.2) is 38.9 Å². The van der Waals surface area contributed by atoms with Crippen LogP contribution in [-0.2, 0) is 16.4 Å². The first kappa shape index (κ1) is 17.6. The largest absolute Gasteiger partial charge is 0.316 e. The molecule has 20 heavy (non-hydrogen) atoms. The lowest BCUT2D eigenvalue weighted by atomic mass is 10.3. The zero-order chi connectivity index (χ0) is 15.0. The number of nitrogens with zero attached hydrogens (tertiary/aromatic N) is 1. The van der Waals surface area contributed by atoms with Gasteiger partial charge in [-0.3, -0.25) is 0 Å². The molecule has 0 amide bonds. The first-order valence-corrected chi connectivity index (χ1v) is 9.61. The average molecular weight is 319 g/mol. The van der Waals surface area contributed by atoms with Crippen molar-refractivity contribution >= 4 is 21.4 Å². The molecule has 0 saturated heterocycles. The minimum Gasteiger partial charge on any atom is -0.316 e. The standard InChI is InChI=1S/C14H26N2O2S2/c1-4-10-15-11-9-13-7-8-14(19-13)20(17,18)16(6-3)12-5-2/h7-8,15H,4-6,9-12H2,1-3H3. The Morgan fingerprint density at radius 1 is 1.15 bits per heavy atom. The van der Waals surface area contributed by atoms with Crippen LogP contribution in [0.1, 0.15) is 38.5 Å². The Labute approximate surface area is 127 Å². The van der Waals surface area contributed by atoms with E-state index in [1.165, 1.54) is 11.3 Å². The second kappa shape index (κ2) is 8.77. The Morgan fingerprint density at radius 3 is 2.50 bits per heavy atom. The summed E-state index contributed by atoms with van der Waals surface area (Å²) >= 11 is 1.40. The predicted molar refractivity (Wildman–Crippen MR) is 85.9 cm³/mol. The van der Waals surface area contributed by atoms with Gasteiger partial charge >= 0.3 is 0 Å². The summed E-state index contributed by atoms with van der Waals surface area (Å²) in [5.74, 6) is 0. The minimum absolute atomic E-state index is 0.471. The van der Waals surface area contributed by atoms with Crippen molar-refractivity contribution in [1.82, 2.24) is 9.62 Å². The summed E-state index contributed by atoms with van der Waals surface area (Å²) in [7, 11) is -3.30. The van der Waals surface area contributed by atoms with Crippen molar-refractivity contribution in [2.24, 2.45) is 0 Å². The smallest absolute Gasteiger partial charge is 0.252 e. The van der Waals surface area contributed by atoms with Crippen LogP contribution in [0.2, 0.25) is 0 Å². The van der Waals surface area contributed by atoms with Crippen LogP contribution >= 0.6 is 11.3 Å². The summed E-state index contributed by atoms with van der Waals surface area (Å²) < 4.78 is 27.0. The molecule has 1 heterocycles.